The van der Waals surface area contributed by atoms with Crippen LogP contribution in [0.1, 0.15) is 10.6 Å². The van der Waals surface area contributed by atoms with Crippen molar-refractivity contribution in [1.82, 2.24) is 9.38 Å². The number of aromatic nitrogens is 2. The summed E-state index contributed by atoms with van der Waals surface area (Å²) in [6.45, 7) is 0. The lowest BCUT2D eigenvalue weighted by Gasteiger charge is -2.01. The fourth-order valence-electron chi connectivity index (χ4n) is 1.03. The summed E-state index contributed by atoms with van der Waals surface area (Å²) in [5, 5.41) is 1.59. The van der Waals surface area contributed by atoms with Crippen LogP contribution >= 0.6 is 11.3 Å². The molecule has 0 spiro atoms. The third-order valence-corrected chi connectivity index (χ3v) is 2.42. The van der Waals surface area contributed by atoms with Gasteiger partial charge in [-0.25, -0.2) is 4.98 Å². The summed E-state index contributed by atoms with van der Waals surface area (Å²) in [7, 11) is 0. The number of fused-ring (bicyclic) bond motifs is 1. The predicted octanol–water partition coefficient (Wildman–Crippen LogP) is 2.14. The van der Waals surface area contributed by atoms with Crippen LogP contribution in [-0.4, -0.2) is 21.3 Å². The van der Waals surface area contributed by atoms with E-state index in [4.69, 9.17) is 0 Å². The normalized spacial score (nSPS) is 12.2. The Morgan fingerprint density at radius 3 is 2.86 bits per heavy atom. The number of carbonyl (C=O) groups excluding carboxylic acids is 1. The van der Waals surface area contributed by atoms with E-state index >= 15 is 0 Å². The molecule has 2 rings (SSSR count). The number of hydrogen-bond donors (Lipinski definition) is 0. The van der Waals surface area contributed by atoms with Crippen LogP contribution < -0.4 is 0 Å². The van der Waals surface area contributed by atoms with E-state index in [2.05, 4.69) is 4.98 Å². The van der Waals surface area contributed by atoms with Crippen molar-refractivity contribution in [3.8, 4) is 0 Å². The number of alkyl halides is 3. The first-order chi connectivity index (χ1) is 6.50. The average Bonchev–Trinajstić information content (AvgIpc) is 2.59. The van der Waals surface area contributed by atoms with Gasteiger partial charge in [-0.3, -0.25) is 9.20 Å². The maximum absolute atomic E-state index is 12.0. The van der Waals surface area contributed by atoms with Crippen molar-refractivity contribution in [1.29, 1.82) is 0 Å². The Balaban J connectivity index is 2.54. The van der Waals surface area contributed by atoms with Crippen LogP contribution in [0.15, 0.2) is 17.8 Å². The van der Waals surface area contributed by atoms with E-state index in [1.807, 2.05) is 0 Å². The minimum atomic E-state index is -4.87. The third-order valence-electron chi connectivity index (χ3n) is 1.62. The van der Waals surface area contributed by atoms with Gasteiger partial charge in [0.25, 0.3) is 0 Å². The van der Waals surface area contributed by atoms with Gasteiger partial charge in [0.05, 0.1) is 6.20 Å². The molecule has 0 saturated heterocycles. The van der Waals surface area contributed by atoms with Crippen molar-refractivity contribution in [2.45, 2.75) is 6.18 Å². The van der Waals surface area contributed by atoms with Crippen LogP contribution in [-0.2, 0) is 0 Å². The Morgan fingerprint density at radius 1 is 1.50 bits per heavy atom. The smallest absolute Gasteiger partial charge is 0.288 e. The first-order valence-electron chi connectivity index (χ1n) is 3.52. The van der Waals surface area contributed by atoms with Crippen molar-refractivity contribution in [2.24, 2.45) is 0 Å². The first kappa shape index (κ1) is 9.20. The molecule has 0 aliphatic heterocycles. The van der Waals surface area contributed by atoms with Gasteiger partial charge in [-0.05, 0) is 0 Å². The fraction of sp³-hybridized carbons (Fsp3) is 0.143. The van der Waals surface area contributed by atoms with E-state index in [9.17, 15) is 18.0 Å². The second-order valence-corrected chi connectivity index (χ2v) is 3.45. The summed E-state index contributed by atoms with van der Waals surface area (Å²) in [5.74, 6) is -2.51. The Labute approximate surface area is 79.8 Å². The molecule has 0 aliphatic rings. The molecule has 0 bridgehead atoms. The van der Waals surface area contributed by atoms with E-state index in [1.54, 1.807) is 5.38 Å². The third kappa shape index (κ3) is 1.29. The minimum absolute atomic E-state index is 0.512. The Hall–Kier alpha value is -1.37. The maximum atomic E-state index is 12.0. The lowest BCUT2D eigenvalue weighted by molar-refractivity contribution is -0.0891. The Bertz CT molecular complexity index is 484. The van der Waals surface area contributed by atoms with Gasteiger partial charge in [0, 0.05) is 11.6 Å². The first-order valence-corrected chi connectivity index (χ1v) is 4.40. The summed E-state index contributed by atoms with van der Waals surface area (Å²) in [6.07, 6.45) is -2.25. The molecule has 0 aliphatic carbocycles. The fourth-order valence-corrected chi connectivity index (χ4v) is 1.73. The Kier molecular flexibility index (Phi) is 1.84. The van der Waals surface area contributed by atoms with Gasteiger partial charge in [-0.1, -0.05) is 0 Å². The monoisotopic (exact) mass is 220 g/mol. The molecule has 0 saturated carbocycles. The zero-order valence-electron chi connectivity index (χ0n) is 6.58. The summed E-state index contributed by atoms with van der Waals surface area (Å²) >= 11 is 1.22. The Morgan fingerprint density at radius 2 is 2.21 bits per heavy atom. The number of thiazole rings is 1. The van der Waals surface area contributed by atoms with Gasteiger partial charge in [0.1, 0.15) is 4.83 Å². The second-order valence-electron chi connectivity index (χ2n) is 2.52. The van der Waals surface area contributed by atoms with Crippen LogP contribution in [0.2, 0.25) is 0 Å². The van der Waals surface area contributed by atoms with Crippen molar-refractivity contribution in [3.63, 3.8) is 0 Å². The zero-order valence-corrected chi connectivity index (χ0v) is 7.39. The van der Waals surface area contributed by atoms with Crippen molar-refractivity contribution >= 4 is 22.0 Å². The molecule has 2 aromatic rings. The van der Waals surface area contributed by atoms with Crippen molar-refractivity contribution in [3.05, 3.63) is 23.6 Å². The van der Waals surface area contributed by atoms with Crippen LogP contribution in [0.3, 0.4) is 0 Å². The van der Waals surface area contributed by atoms with Crippen molar-refractivity contribution < 1.29 is 18.0 Å². The largest absolute Gasteiger partial charge is 0.458 e. The van der Waals surface area contributed by atoms with Crippen LogP contribution in [0.25, 0.3) is 4.83 Å². The molecular weight excluding hydrogens is 217 g/mol. The molecule has 0 atom stereocenters. The van der Waals surface area contributed by atoms with Crippen LogP contribution in [0.5, 0.6) is 0 Å². The molecule has 3 nitrogen and oxygen atoms in total. The molecule has 74 valence electrons. The quantitative estimate of drug-likeness (QED) is 0.690. The molecule has 2 aromatic heterocycles. The number of imidazole rings is 1. The van der Waals surface area contributed by atoms with Gasteiger partial charge in [0.2, 0.25) is 0 Å². The second kappa shape index (κ2) is 2.81. The average molecular weight is 220 g/mol. The maximum Gasteiger partial charge on any atom is 0.458 e. The van der Waals surface area contributed by atoms with E-state index < -0.39 is 17.8 Å². The van der Waals surface area contributed by atoms with E-state index in [1.165, 1.54) is 23.7 Å². The number of ketones is 1. The molecule has 0 aromatic carbocycles. The number of hydrogen-bond acceptors (Lipinski definition) is 3. The van der Waals surface area contributed by atoms with Crippen molar-refractivity contribution in [2.75, 3.05) is 0 Å². The van der Waals surface area contributed by atoms with Crippen LogP contribution in [0.4, 0.5) is 13.2 Å². The lowest BCUT2D eigenvalue weighted by Crippen LogP contribution is -2.24. The van der Waals surface area contributed by atoms with Gasteiger partial charge in [-0.15, -0.1) is 11.3 Å². The van der Waals surface area contributed by atoms with E-state index in [0.717, 1.165) is 4.40 Å². The molecule has 2 heterocycles. The van der Waals surface area contributed by atoms with Gasteiger partial charge >= 0.3 is 12.0 Å². The number of halogens is 3. The zero-order chi connectivity index (χ0) is 10.3. The number of nitrogens with zero attached hydrogens (tertiary/aromatic N) is 2. The molecule has 7 heteroatoms. The molecule has 0 radical (unpaired) electrons. The summed E-state index contributed by atoms with van der Waals surface area (Å²) in [5.41, 5.74) is 0. The van der Waals surface area contributed by atoms with Gasteiger partial charge in [-0.2, -0.15) is 13.2 Å². The molecule has 0 unspecified atom stereocenters. The highest BCUT2D eigenvalue weighted by Crippen LogP contribution is 2.22. The minimum Gasteiger partial charge on any atom is -0.288 e. The summed E-state index contributed by atoms with van der Waals surface area (Å²) in [4.78, 5) is 14.8. The molecular formula is C7H3F3N2OS. The van der Waals surface area contributed by atoms with Gasteiger partial charge < -0.3 is 0 Å². The number of rotatable bonds is 1. The molecule has 14 heavy (non-hydrogen) atoms. The standard InChI is InChI=1S/C7H3F3N2OS/c8-7(9,10)5(13)6-11-3-4-12(6)1-2-14-4/h1-3H. The predicted molar refractivity (Wildman–Crippen MR) is 43.5 cm³/mol. The van der Waals surface area contributed by atoms with E-state index in [-0.39, 0.29) is 0 Å². The highest BCUT2D eigenvalue weighted by molar-refractivity contribution is 7.15. The highest BCUT2D eigenvalue weighted by atomic mass is 32.1. The number of Topliss-reactive ketones (excluding diaryl/α,β-unsaturated/α-hetero) is 1. The summed E-state index contributed by atoms with van der Waals surface area (Å²) in [6, 6.07) is 0. The highest BCUT2D eigenvalue weighted by Gasteiger charge is 2.41. The molecule has 0 fully saturated rings. The molecule has 0 amide bonds. The summed E-state index contributed by atoms with van der Waals surface area (Å²) < 4.78 is 37.3. The van der Waals surface area contributed by atoms with Gasteiger partial charge in [0.15, 0.2) is 5.82 Å². The number of carbonyl (C=O) groups is 1. The SMILES string of the molecule is O=C(c1ncc2sccn12)C(F)(F)F. The topological polar surface area (TPSA) is 34.4 Å². The molecule has 0 N–H and O–H groups in total. The lowest BCUT2D eigenvalue weighted by atomic mass is 10.4. The van der Waals surface area contributed by atoms with E-state index in [0.29, 0.717) is 4.83 Å². The van der Waals surface area contributed by atoms with Crippen LogP contribution in [0, 0.1) is 0 Å².